The molecule has 0 bridgehead atoms. The number of nitrogens with one attached hydrogen (secondary N) is 1. The van der Waals surface area contributed by atoms with Crippen LogP contribution in [0, 0.1) is 6.92 Å². The van der Waals surface area contributed by atoms with Crippen LogP contribution in [0.1, 0.15) is 46.8 Å². The summed E-state index contributed by atoms with van der Waals surface area (Å²) in [5, 5.41) is 16.1. The highest BCUT2D eigenvalue weighted by molar-refractivity contribution is 6.01. The molecule has 5 rings (SSSR count). The lowest BCUT2D eigenvalue weighted by molar-refractivity contribution is -0.128. The number of aliphatic hydroxyl groups excluding tert-OH is 1. The van der Waals surface area contributed by atoms with Gasteiger partial charge < -0.3 is 19.9 Å². The number of benzene rings is 4. The van der Waals surface area contributed by atoms with Gasteiger partial charge in [-0.2, -0.15) is 0 Å². The Morgan fingerprint density at radius 3 is 2.52 bits per heavy atom. The Morgan fingerprint density at radius 2 is 1.78 bits per heavy atom. The Labute approximate surface area is 268 Å². The van der Waals surface area contributed by atoms with E-state index < -0.39 is 11.6 Å². The van der Waals surface area contributed by atoms with Crippen molar-refractivity contribution in [1.29, 1.82) is 0 Å². The van der Waals surface area contributed by atoms with Crippen LogP contribution in [0.25, 0.3) is 16.5 Å². The Hall–Kier alpha value is -5.37. The number of aryl methyl sites for hydroxylation is 1. The molecule has 0 fully saturated rings. The third-order valence-electron chi connectivity index (χ3n) is 7.76. The molecule has 0 aromatic heterocycles. The number of hydrogen-bond donors (Lipinski definition) is 2. The summed E-state index contributed by atoms with van der Waals surface area (Å²) in [4.78, 5) is 22.5. The number of azide groups is 1. The topological polar surface area (TPSA) is 129 Å². The van der Waals surface area contributed by atoms with Gasteiger partial charge in [0.25, 0.3) is 5.91 Å². The van der Waals surface area contributed by atoms with E-state index in [4.69, 9.17) is 19.6 Å². The van der Waals surface area contributed by atoms with Crippen LogP contribution < -0.4 is 10.1 Å². The molecule has 1 aliphatic rings. The number of nitrogens with zero attached hydrogens (tertiary/aromatic N) is 4. The molecular weight excluding hydrogens is 578 g/mol. The molecule has 0 spiro atoms. The zero-order valence-corrected chi connectivity index (χ0v) is 25.8. The van der Waals surface area contributed by atoms with E-state index in [2.05, 4.69) is 39.6 Å². The molecule has 1 aliphatic heterocycles. The van der Waals surface area contributed by atoms with Crippen molar-refractivity contribution in [3.8, 4) is 5.75 Å². The van der Waals surface area contributed by atoms with Crippen LogP contribution in [0.4, 0.5) is 5.69 Å². The monoisotopic (exact) mass is 615 g/mol. The summed E-state index contributed by atoms with van der Waals surface area (Å²) >= 11 is 0. The standard InChI is InChI=1S/C37H37N5O4/c1-27-14-16-29(17-15-27)22-24-39-36(44)37(23-7-11-28-9-3-2-4-10-28)34(32-12-5-6-13-33(32)41-42-38)46-35(40-37)30-18-20-31(21-19-30)45-26-8-25-43/h2-7,9-21,34,43H,8,22-26H2,1H3,(H,39,44)/b11-7+/t34-,37-/m1/s1. The van der Waals surface area contributed by atoms with Gasteiger partial charge in [-0.25, -0.2) is 4.99 Å². The summed E-state index contributed by atoms with van der Waals surface area (Å²) in [5.74, 6) is 0.647. The minimum absolute atomic E-state index is 0.0509. The van der Waals surface area contributed by atoms with Crippen molar-refractivity contribution in [3.63, 3.8) is 0 Å². The number of aliphatic imine (C=N–C) groups is 1. The highest BCUT2D eigenvalue weighted by Crippen LogP contribution is 2.45. The van der Waals surface area contributed by atoms with E-state index in [9.17, 15) is 10.3 Å². The second kappa shape index (κ2) is 15.6. The molecule has 0 saturated heterocycles. The van der Waals surface area contributed by atoms with E-state index in [0.717, 1.165) is 11.1 Å². The summed E-state index contributed by atoms with van der Waals surface area (Å²) in [6.07, 6.45) is 4.41. The van der Waals surface area contributed by atoms with Crippen molar-refractivity contribution in [2.45, 2.75) is 37.8 Å². The number of aliphatic hydroxyl groups is 1. The second-order valence-electron chi connectivity index (χ2n) is 11.0. The van der Waals surface area contributed by atoms with Crippen molar-refractivity contribution in [2.24, 2.45) is 10.1 Å². The molecule has 4 aromatic rings. The summed E-state index contributed by atoms with van der Waals surface area (Å²) in [7, 11) is 0. The van der Waals surface area contributed by atoms with Gasteiger partial charge in [-0.05, 0) is 54.3 Å². The van der Waals surface area contributed by atoms with E-state index in [1.165, 1.54) is 5.56 Å². The highest BCUT2D eigenvalue weighted by Gasteiger charge is 2.53. The Morgan fingerprint density at radius 1 is 1.04 bits per heavy atom. The number of carbonyl (C=O) groups is 1. The average Bonchev–Trinajstić information content (AvgIpc) is 3.47. The number of carbonyl (C=O) groups excluding carboxylic acids is 1. The SMILES string of the molecule is Cc1ccc(CCNC(=O)[C@]2(C/C=C/c3ccccc3)N=C(c3ccc(OCCCO)cc3)O[C@@H]2c2ccccc2N=[N+]=[N-])cc1. The summed E-state index contributed by atoms with van der Waals surface area (Å²) in [6, 6.07) is 32.5. The quantitative estimate of drug-likeness (QED) is 0.0662. The maximum atomic E-state index is 14.4. The normalized spacial score (nSPS) is 17.2. The third kappa shape index (κ3) is 7.82. The van der Waals surface area contributed by atoms with Crippen molar-refractivity contribution in [2.75, 3.05) is 19.8 Å². The molecule has 0 saturated carbocycles. The van der Waals surface area contributed by atoms with Crippen LogP contribution in [0.2, 0.25) is 0 Å². The van der Waals surface area contributed by atoms with Crippen LogP contribution in [0.3, 0.4) is 0 Å². The predicted molar refractivity (Wildman–Crippen MR) is 180 cm³/mol. The first kappa shape index (κ1) is 32.0. The Bertz CT molecular complexity index is 1720. The van der Waals surface area contributed by atoms with Crippen molar-refractivity contribution < 1.29 is 19.4 Å². The van der Waals surface area contributed by atoms with E-state index in [0.29, 0.717) is 54.5 Å². The largest absolute Gasteiger partial charge is 0.494 e. The van der Waals surface area contributed by atoms with E-state index in [1.54, 1.807) is 30.3 Å². The summed E-state index contributed by atoms with van der Waals surface area (Å²) in [5.41, 5.74) is 12.8. The van der Waals surface area contributed by atoms with Crippen LogP contribution in [-0.4, -0.2) is 42.2 Å². The lowest BCUT2D eigenvalue weighted by Gasteiger charge is -2.30. The van der Waals surface area contributed by atoms with Gasteiger partial charge in [0.05, 0.1) is 6.61 Å². The molecule has 46 heavy (non-hydrogen) atoms. The highest BCUT2D eigenvalue weighted by atomic mass is 16.5. The average molecular weight is 616 g/mol. The summed E-state index contributed by atoms with van der Waals surface area (Å²) in [6.45, 7) is 2.89. The minimum Gasteiger partial charge on any atom is -0.494 e. The fourth-order valence-corrected chi connectivity index (χ4v) is 5.31. The number of amides is 1. The van der Waals surface area contributed by atoms with Crippen molar-refractivity contribution in [1.82, 2.24) is 5.32 Å². The first-order valence-electron chi connectivity index (χ1n) is 15.3. The molecule has 9 nitrogen and oxygen atoms in total. The molecule has 234 valence electrons. The fourth-order valence-electron chi connectivity index (χ4n) is 5.31. The fraction of sp³-hybridized carbons (Fsp3) is 0.243. The summed E-state index contributed by atoms with van der Waals surface area (Å²) < 4.78 is 12.3. The number of ether oxygens (including phenoxy) is 2. The van der Waals surface area contributed by atoms with Gasteiger partial charge in [0, 0.05) is 47.7 Å². The maximum Gasteiger partial charge on any atom is 0.252 e. The molecule has 4 aromatic carbocycles. The van der Waals surface area contributed by atoms with Crippen LogP contribution in [0.15, 0.2) is 119 Å². The molecule has 2 N–H and O–H groups in total. The van der Waals surface area contributed by atoms with Gasteiger partial charge in [-0.3, -0.25) is 4.79 Å². The zero-order chi connectivity index (χ0) is 32.2. The molecular formula is C37H37N5O4. The van der Waals surface area contributed by atoms with Crippen LogP contribution >= 0.6 is 0 Å². The predicted octanol–water partition coefficient (Wildman–Crippen LogP) is 7.42. The Balaban J connectivity index is 1.53. The van der Waals surface area contributed by atoms with Gasteiger partial charge in [-0.15, -0.1) is 0 Å². The first-order chi connectivity index (χ1) is 22.5. The van der Waals surface area contributed by atoms with E-state index >= 15 is 0 Å². The van der Waals surface area contributed by atoms with Gasteiger partial charge in [0.15, 0.2) is 11.6 Å². The molecule has 0 unspecified atom stereocenters. The Kier molecular flexibility index (Phi) is 10.8. The van der Waals surface area contributed by atoms with Gasteiger partial charge in [0.2, 0.25) is 5.90 Å². The second-order valence-corrected chi connectivity index (χ2v) is 11.0. The van der Waals surface area contributed by atoms with E-state index in [-0.39, 0.29) is 18.9 Å². The molecule has 9 heteroatoms. The van der Waals surface area contributed by atoms with Crippen LogP contribution in [0.5, 0.6) is 5.75 Å². The molecule has 2 atom stereocenters. The van der Waals surface area contributed by atoms with Gasteiger partial charge >= 0.3 is 0 Å². The molecule has 1 heterocycles. The molecule has 0 radical (unpaired) electrons. The zero-order valence-electron chi connectivity index (χ0n) is 25.8. The number of rotatable bonds is 14. The minimum atomic E-state index is -1.41. The first-order valence-corrected chi connectivity index (χ1v) is 15.3. The molecule has 0 aliphatic carbocycles. The smallest absolute Gasteiger partial charge is 0.252 e. The number of hydrogen-bond acceptors (Lipinski definition) is 6. The van der Waals surface area contributed by atoms with E-state index in [1.807, 2.05) is 67.6 Å². The van der Waals surface area contributed by atoms with Gasteiger partial charge in [0.1, 0.15) is 5.75 Å². The molecule has 1 amide bonds. The lowest BCUT2D eigenvalue weighted by Crippen LogP contribution is -2.48. The van der Waals surface area contributed by atoms with Crippen molar-refractivity contribution >= 4 is 23.6 Å². The lowest BCUT2D eigenvalue weighted by atomic mass is 9.83. The van der Waals surface area contributed by atoms with Crippen LogP contribution in [-0.2, 0) is 16.0 Å². The maximum absolute atomic E-state index is 14.4. The van der Waals surface area contributed by atoms with Crippen molar-refractivity contribution in [3.05, 3.63) is 147 Å². The third-order valence-corrected chi connectivity index (χ3v) is 7.76. The van der Waals surface area contributed by atoms with Gasteiger partial charge in [-0.1, -0.05) is 102 Å².